The molecule has 6 heteroatoms. The van der Waals surface area contributed by atoms with Gasteiger partial charge in [-0.2, -0.15) is 0 Å². The van der Waals surface area contributed by atoms with Gasteiger partial charge in [-0.25, -0.2) is 0 Å². The number of carbonyl (C=O) groups is 3. The maximum absolute atomic E-state index is 13.2. The zero-order valence-corrected chi connectivity index (χ0v) is 25.4. The Balaban J connectivity index is 1.37. The molecule has 3 rings (SSSR count). The average Bonchev–Trinajstić information content (AvgIpc) is 2.97. The Hall–Kier alpha value is -2.89. The van der Waals surface area contributed by atoms with Crippen molar-refractivity contribution in [2.45, 2.75) is 129 Å². The van der Waals surface area contributed by atoms with Crippen LogP contribution >= 0.6 is 0 Å². The van der Waals surface area contributed by atoms with Crippen molar-refractivity contribution >= 4 is 34.2 Å². The summed E-state index contributed by atoms with van der Waals surface area (Å²) in [6.45, 7) is 3.51. The number of benzene rings is 2. The summed E-state index contributed by atoms with van der Waals surface area (Å²) in [5, 5.41) is 14.0. The maximum Gasteiger partial charge on any atom is 0.303 e. The van der Waals surface area contributed by atoms with Crippen molar-refractivity contribution in [2.75, 3.05) is 18.4 Å². The lowest BCUT2D eigenvalue weighted by Crippen LogP contribution is -2.40. The molecular formula is C35H52N2O4. The maximum atomic E-state index is 13.2. The Morgan fingerprint density at radius 1 is 0.683 bits per heavy atom. The van der Waals surface area contributed by atoms with Gasteiger partial charge in [-0.05, 0) is 37.5 Å². The van der Waals surface area contributed by atoms with Crippen molar-refractivity contribution in [3.05, 3.63) is 41.5 Å². The fraction of sp³-hybridized carbons (Fsp3) is 0.629. The second-order valence-electron chi connectivity index (χ2n) is 11.7. The first-order valence-electron chi connectivity index (χ1n) is 16.4. The first-order chi connectivity index (χ1) is 20.0. The van der Waals surface area contributed by atoms with Gasteiger partial charge in [0.1, 0.15) is 0 Å². The van der Waals surface area contributed by atoms with E-state index in [1.807, 2.05) is 30.3 Å². The number of imide groups is 1. The summed E-state index contributed by atoms with van der Waals surface area (Å²) >= 11 is 0. The fourth-order valence-corrected chi connectivity index (χ4v) is 5.95. The number of hydrogen-bond donors (Lipinski definition) is 2. The Morgan fingerprint density at radius 3 is 1.83 bits per heavy atom. The van der Waals surface area contributed by atoms with Crippen molar-refractivity contribution in [3.8, 4) is 0 Å². The Bertz CT molecular complexity index is 1090. The molecule has 0 spiro atoms. The summed E-state index contributed by atoms with van der Waals surface area (Å²) in [6, 6.07) is 9.54. The standard InChI is InChI=1S/C35H52N2O4/c1-2-3-4-5-6-7-8-9-10-11-12-13-15-18-26-36-31-25-24-30-33-28(31)21-20-22-29(33)34(40)37(35(30)41)27-19-16-14-17-23-32(38)39/h20-22,24-25,36H,2-19,23,26-27H2,1H3,(H,38,39). The molecule has 0 fully saturated rings. The van der Waals surface area contributed by atoms with Crippen molar-refractivity contribution in [2.24, 2.45) is 0 Å². The van der Waals surface area contributed by atoms with Gasteiger partial charge in [-0.15, -0.1) is 0 Å². The number of aliphatic carboxylic acids is 1. The molecule has 226 valence electrons. The van der Waals surface area contributed by atoms with Crippen LogP contribution < -0.4 is 5.32 Å². The van der Waals surface area contributed by atoms with Crippen LogP contribution in [0.1, 0.15) is 150 Å². The molecule has 1 aliphatic heterocycles. The summed E-state index contributed by atoms with van der Waals surface area (Å²) in [7, 11) is 0. The number of nitrogens with one attached hydrogen (secondary N) is 1. The number of anilines is 1. The highest BCUT2D eigenvalue weighted by atomic mass is 16.4. The molecule has 2 aromatic rings. The van der Waals surface area contributed by atoms with Crippen LogP contribution in [0.2, 0.25) is 0 Å². The molecule has 0 bridgehead atoms. The molecule has 2 amide bonds. The van der Waals surface area contributed by atoms with Gasteiger partial charge in [0, 0.05) is 47.1 Å². The van der Waals surface area contributed by atoms with E-state index >= 15 is 0 Å². The molecule has 0 radical (unpaired) electrons. The van der Waals surface area contributed by atoms with Crippen LogP contribution in [0.4, 0.5) is 5.69 Å². The number of hydrogen-bond acceptors (Lipinski definition) is 4. The SMILES string of the molecule is CCCCCCCCCCCCCCCCNc1ccc2c3c(cccc13)C(=O)N(CCCCCCC(=O)O)C2=O. The molecule has 0 atom stereocenters. The third kappa shape index (κ3) is 10.5. The molecule has 6 nitrogen and oxygen atoms in total. The van der Waals surface area contributed by atoms with E-state index < -0.39 is 5.97 Å². The normalized spacial score (nSPS) is 12.9. The van der Waals surface area contributed by atoms with Crippen LogP contribution in [0.15, 0.2) is 30.3 Å². The summed E-state index contributed by atoms with van der Waals surface area (Å²) in [5.74, 6) is -1.25. The number of nitrogens with zero attached hydrogens (tertiary/aromatic N) is 1. The van der Waals surface area contributed by atoms with E-state index in [0.717, 1.165) is 42.3 Å². The van der Waals surface area contributed by atoms with Crippen LogP contribution in [-0.4, -0.2) is 40.9 Å². The van der Waals surface area contributed by atoms with Crippen molar-refractivity contribution < 1.29 is 19.5 Å². The highest BCUT2D eigenvalue weighted by Crippen LogP contribution is 2.34. The van der Waals surface area contributed by atoms with Crippen molar-refractivity contribution in [1.29, 1.82) is 0 Å². The second kappa shape index (κ2) is 18.5. The molecule has 0 aromatic heterocycles. The Labute approximate surface area is 247 Å². The van der Waals surface area contributed by atoms with E-state index in [0.29, 0.717) is 30.5 Å². The number of carboxylic acid groups (broad SMARTS) is 1. The minimum absolute atomic E-state index is 0.159. The zero-order chi connectivity index (χ0) is 29.3. The molecule has 41 heavy (non-hydrogen) atoms. The molecule has 1 aliphatic rings. The van der Waals surface area contributed by atoms with E-state index in [-0.39, 0.29) is 18.2 Å². The number of rotatable bonds is 23. The van der Waals surface area contributed by atoms with Crippen LogP contribution in [0.25, 0.3) is 10.8 Å². The Kier molecular flexibility index (Phi) is 14.7. The van der Waals surface area contributed by atoms with Crippen LogP contribution in [0, 0.1) is 0 Å². The second-order valence-corrected chi connectivity index (χ2v) is 11.7. The van der Waals surface area contributed by atoms with Crippen molar-refractivity contribution in [1.82, 2.24) is 4.90 Å². The van der Waals surface area contributed by atoms with Crippen molar-refractivity contribution in [3.63, 3.8) is 0 Å². The first kappa shape index (κ1) is 32.6. The molecule has 2 aromatic carbocycles. The van der Waals surface area contributed by atoms with E-state index in [1.165, 1.54) is 88.4 Å². The molecule has 2 N–H and O–H groups in total. The summed E-state index contributed by atoms with van der Waals surface area (Å²) < 4.78 is 0. The summed E-state index contributed by atoms with van der Waals surface area (Å²) in [4.78, 5) is 38.5. The quantitative estimate of drug-likeness (QED) is 0.104. The van der Waals surface area contributed by atoms with Gasteiger partial charge in [0.2, 0.25) is 0 Å². The predicted octanol–water partition coefficient (Wildman–Crippen LogP) is 9.36. The molecule has 1 heterocycles. The predicted molar refractivity (Wildman–Crippen MR) is 169 cm³/mol. The molecule has 0 aliphatic carbocycles. The third-order valence-corrected chi connectivity index (χ3v) is 8.36. The smallest absolute Gasteiger partial charge is 0.303 e. The Morgan fingerprint density at radius 2 is 1.22 bits per heavy atom. The van der Waals surface area contributed by atoms with Crippen LogP contribution in [0.5, 0.6) is 0 Å². The molecular weight excluding hydrogens is 512 g/mol. The van der Waals surface area contributed by atoms with E-state index in [9.17, 15) is 14.4 Å². The van der Waals surface area contributed by atoms with Gasteiger partial charge >= 0.3 is 5.97 Å². The molecule has 0 saturated carbocycles. The minimum atomic E-state index is -0.787. The largest absolute Gasteiger partial charge is 0.481 e. The van der Waals surface area contributed by atoms with Gasteiger partial charge in [0.25, 0.3) is 11.8 Å². The van der Waals surface area contributed by atoms with E-state index in [1.54, 1.807) is 0 Å². The minimum Gasteiger partial charge on any atom is -0.481 e. The van der Waals surface area contributed by atoms with E-state index in [4.69, 9.17) is 5.11 Å². The lowest BCUT2D eigenvalue weighted by atomic mass is 9.92. The first-order valence-corrected chi connectivity index (χ1v) is 16.4. The van der Waals surface area contributed by atoms with E-state index in [2.05, 4.69) is 12.2 Å². The third-order valence-electron chi connectivity index (χ3n) is 8.36. The van der Waals surface area contributed by atoms with Gasteiger partial charge in [0.05, 0.1) is 0 Å². The van der Waals surface area contributed by atoms with Gasteiger partial charge in [0.15, 0.2) is 0 Å². The number of carboxylic acids is 1. The van der Waals surface area contributed by atoms with Crippen LogP contribution in [0.3, 0.4) is 0 Å². The summed E-state index contributed by atoms with van der Waals surface area (Å²) in [5.41, 5.74) is 2.15. The van der Waals surface area contributed by atoms with Gasteiger partial charge in [-0.1, -0.05) is 115 Å². The topological polar surface area (TPSA) is 86.7 Å². The zero-order valence-electron chi connectivity index (χ0n) is 25.4. The lowest BCUT2D eigenvalue weighted by Gasteiger charge is -2.28. The summed E-state index contributed by atoms with van der Waals surface area (Å²) in [6.07, 6.45) is 21.8. The number of unbranched alkanes of at least 4 members (excludes halogenated alkanes) is 16. The highest BCUT2D eigenvalue weighted by Gasteiger charge is 2.32. The van der Waals surface area contributed by atoms with Gasteiger partial charge in [-0.3, -0.25) is 19.3 Å². The van der Waals surface area contributed by atoms with Crippen LogP contribution in [-0.2, 0) is 4.79 Å². The molecule has 0 unspecified atom stereocenters. The monoisotopic (exact) mass is 564 g/mol. The number of carbonyl (C=O) groups excluding carboxylic acids is 2. The molecule has 0 saturated heterocycles. The fourth-order valence-electron chi connectivity index (χ4n) is 5.95. The lowest BCUT2D eigenvalue weighted by molar-refractivity contribution is -0.137. The average molecular weight is 565 g/mol. The van der Waals surface area contributed by atoms with Gasteiger partial charge < -0.3 is 10.4 Å². The highest BCUT2D eigenvalue weighted by molar-refractivity contribution is 6.26. The number of amides is 2.